The van der Waals surface area contributed by atoms with Crippen LogP contribution in [0.3, 0.4) is 0 Å². The zero-order valence-electron chi connectivity index (χ0n) is 18.9. The Morgan fingerprint density at radius 2 is 1.80 bits per heavy atom. The first-order valence-electron chi connectivity index (χ1n) is 11.4. The number of fused-ring (bicyclic) bond motifs is 2. The van der Waals surface area contributed by atoms with Crippen molar-refractivity contribution < 1.29 is 14.7 Å². The van der Waals surface area contributed by atoms with E-state index in [1.165, 1.54) is 0 Å². The lowest BCUT2D eigenvalue weighted by atomic mass is 9.74. The number of carbonyl (C=O) groups excluding carboxylic acids is 2. The monoisotopic (exact) mass is 410 g/mol. The van der Waals surface area contributed by atoms with E-state index < -0.39 is 0 Å². The van der Waals surface area contributed by atoms with Crippen molar-refractivity contribution in [1.29, 1.82) is 0 Å². The minimum absolute atomic E-state index is 0.0885. The van der Waals surface area contributed by atoms with E-state index in [0.717, 1.165) is 83.6 Å². The number of aromatic nitrogens is 2. The number of aryl methyl sites for hydroxylation is 1. The molecule has 2 aliphatic carbocycles. The number of nitrogens with one attached hydrogen (secondary N) is 1. The van der Waals surface area contributed by atoms with E-state index in [4.69, 9.17) is 0 Å². The molecule has 0 bridgehead atoms. The lowest BCUT2D eigenvalue weighted by Crippen LogP contribution is -2.30. The van der Waals surface area contributed by atoms with Crippen LogP contribution in [0.15, 0.2) is 0 Å². The van der Waals surface area contributed by atoms with E-state index in [0.29, 0.717) is 6.42 Å². The molecule has 2 aliphatic rings. The molecule has 2 N–H and O–H groups in total. The van der Waals surface area contributed by atoms with E-state index in [1.807, 2.05) is 25.3 Å². The van der Waals surface area contributed by atoms with Gasteiger partial charge in [-0.1, -0.05) is 27.7 Å². The molecule has 5 heteroatoms. The molecule has 5 nitrogen and oxygen atoms in total. The van der Waals surface area contributed by atoms with Crippen molar-refractivity contribution in [2.24, 2.45) is 11.3 Å². The van der Waals surface area contributed by atoms with Crippen molar-refractivity contribution in [2.45, 2.75) is 86.3 Å². The quantitative estimate of drug-likeness (QED) is 0.770. The number of Topliss-reactive ketones (excluding diaryl/α,β-unsaturated/α-hetero) is 2. The van der Waals surface area contributed by atoms with Gasteiger partial charge in [-0.15, -0.1) is 0 Å². The number of aromatic amines is 1. The third kappa shape index (κ3) is 3.09. The molecule has 2 aromatic rings. The zero-order chi connectivity index (χ0) is 21.8. The first kappa shape index (κ1) is 21.1. The molecule has 0 radical (unpaired) electrons. The number of hydrogen-bond acceptors (Lipinski definition) is 3. The van der Waals surface area contributed by atoms with Gasteiger partial charge in [-0.05, 0) is 62.5 Å². The molecule has 162 valence electrons. The Morgan fingerprint density at radius 3 is 2.43 bits per heavy atom. The van der Waals surface area contributed by atoms with Crippen LogP contribution in [0, 0.1) is 18.3 Å². The van der Waals surface area contributed by atoms with Crippen molar-refractivity contribution in [3.8, 4) is 0 Å². The third-order valence-electron chi connectivity index (χ3n) is 7.45. The largest absolute Gasteiger partial charge is 0.376 e. The van der Waals surface area contributed by atoms with Crippen molar-refractivity contribution in [1.82, 2.24) is 9.55 Å². The van der Waals surface area contributed by atoms with Crippen LogP contribution >= 0.6 is 0 Å². The summed E-state index contributed by atoms with van der Waals surface area (Å²) in [5.74, 6) is 0.630. The number of hydrogen-bond donors (Lipinski definition) is 2. The molecule has 2 heterocycles. The average molecular weight is 411 g/mol. The maximum Gasteiger partial charge on any atom is 0.170 e. The number of carbonyl (C=O) groups is 2. The zero-order valence-corrected chi connectivity index (χ0v) is 18.9. The molecule has 2 aromatic heterocycles. The van der Waals surface area contributed by atoms with Gasteiger partial charge in [0.15, 0.2) is 11.6 Å². The number of nitrogens with zero attached hydrogens (tertiary/aromatic N) is 1. The molecular weight excluding hydrogens is 376 g/mol. The second-order valence-corrected chi connectivity index (χ2v) is 9.71. The lowest BCUT2D eigenvalue weighted by molar-refractivity contribution is 0.0809. The van der Waals surface area contributed by atoms with E-state index in [-0.39, 0.29) is 29.6 Å². The highest BCUT2D eigenvalue weighted by atomic mass is 16.3. The predicted molar refractivity (Wildman–Crippen MR) is 117 cm³/mol. The molecule has 0 spiro atoms. The van der Waals surface area contributed by atoms with Crippen molar-refractivity contribution in [3.05, 3.63) is 45.0 Å². The first-order valence-corrected chi connectivity index (χ1v) is 11.4. The van der Waals surface area contributed by atoms with Gasteiger partial charge in [-0.3, -0.25) is 9.59 Å². The number of H-pyrrole nitrogens is 1. The van der Waals surface area contributed by atoms with Gasteiger partial charge in [0.05, 0.1) is 0 Å². The molecule has 1 unspecified atom stereocenters. The number of rotatable bonds is 5. The highest BCUT2D eigenvalue weighted by Gasteiger charge is 2.38. The van der Waals surface area contributed by atoms with Gasteiger partial charge in [0.25, 0.3) is 0 Å². The minimum Gasteiger partial charge on any atom is -0.376 e. The van der Waals surface area contributed by atoms with E-state index in [1.54, 1.807) is 0 Å². The summed E-state index contributed by atoms with van der Waals surface area (Å²) >= 11 is 0. The van der Waals surface area contributed by atoms with Gasteiger partial charge in [0.1, 0.15) is 6.73 Å². The normalized spacial score (nSPS) is 20.4. The summed E-state index contributed by atoms with van der Waals surface area (Å²) in [6.45, 7) is 10.2. The fourth-order valence-corrected chi connectivity index (χ4v) is 5.73. The van der Waals surface area contributed by atoms with E-state index in [2.05, 4.69) is 18.8 Å². The number of ketones is 2. The van der Waals surface area contributed by atoms with Crippen LogP contribution in [-0.4, -0.2) is 26.2 Å². The standard InChI is InChI=1S/C25H34N2O3/c1-6-16-14(3)27(13-28)20-11-15(12-21(29)23(16)20)10-19-17(7-2)22-18(26-19)8-9-25(4,5)24(22)30/h15,26,28H,6-13H2,1-5H3. The van der Waals surface area contributed by atoms with Gasteiger partial charge in [0, 0.05) is 45.7 Å². The van der Waals surface area contributed by atoms with Gasteiger partial charge < -0.3 is 14.7 Å². The first-order chi connectivity index (χ1) is 14.2. The fraction of sp³-hybridized carbons (Fsp3) is 0.600. The Bertz CT molecular complexity index is 1020. The molecule has 0 saturated carbocycles. The Balaban J connectivity index is 1.68. The summed E-state index contributed by atoms with van der Waals surface area (Å²) in [4.78, 5) is 29.7. The summed E-state index contributed by atoms with van der Waals surface area (Å²) in [5.41, 5.74) is 7.89. The van der Waals surface area contributed by atoms with Crippen LogP contribution in [0.25, 0.3) is 0 Å². The summed E-state index contributed by atoms with van der Waals surface area (Å²) in [6.07, 6.45) is 5.49. The molecule has 4 rings (SSSR count). The van der Waals surface area contributed by atoms with Gasteiger partial charge in [-0.25, -0.2) is 0 Å². The Labute approximate surface area is 178 Å². The average Bonchev–Trinajstić information content (AvgIpc) is 3.19. The van der Waals surface area contributed by atoms with Crippen LogP contribution in [0.5, 0.6) is 0 Å². The SMILES string of the molecule is CCc1c(CC2CC(=O)c3c(CC)c(C)n(CO)c3C2)[nH]c2c1C(=O)C(C)(C)CC2. The predicted octanol–water partition coefficient (Wildman–Crippen LogP) is 4.34. The maximum atomic E-state index is 13.1. The van der Waals surface area contributed by atoms with Crippen molar-refractivity contribution >= 4 is 11.6 Å². The van der Waals surface area contributed by atoms with Crippen LogP contribution in [0.2, 0.25) is 0 Å². The van der Waals surface area contributed by atoms with Crippen molar-refractivity contribution in [3.63, 3.8) is 0 Å². The highest BCUT2D eigenvalue weighted by Crippen LogP contribution is 2.39. The Hall–Kier alpha value is -2.14. The third-order valence-corrected chi connectivity index (χ3v) is 7.45. The van der Waals surface area contributed by atoms with E-state index >= 15 is 0 Å². The summed E-state index contributed by atoms with van der Waals surface area (Å²) < 4.78 is 1.91. The molecule has 0 saturated heterocycles. The molecule has 0 aromatic carbocycles. The molecular formula is C25H34N2O3. The summed E-state index contributed by atoms with van der Waals surface area (Å²) in [7, 11) is 0. The number of aliphatic hydroxyl groups excluding tert-OH is 1. The molecule has 0 fully saturated rings. The Kier molecular flexibility index (Phi) is 5.29. The fourth-order valence-electron chi connectivity index (χ4n) is 5.73. The maximum absolute atomic E-state index is 13.1. The summed E-state index contributed by atoms with van der Waals surface area (Å²) in [5, 5.41) is 9.92. The molecule has 0 aliphatic heterocycles. The smallest absolute Gasteiger partial charge is 0.170 e. The molecule has 1 atom stereocenters. The second kappa shape index (κ2) is 7.52. The van der Waals surface area contributed by atoms with E-state index in [9.17, 15) is 14.7 Å². The highest BCUT2D eigenvalue weighted by molar-refractivity contribution is 6.03. The van der Waals surface area contributed by atoms with Gasteiger partial charge >= 0.3 is 0 Å². The summed E-state index contributed by atoms with van der Waals surface area (Å²) in [6, 6.07) is 0. The van der Waals surface area contributed by atoms with Crippen LogP contribution in [-0.2, 0) is 38.8 Å². The minimum atomic E-state index is -0.303. The van der Waals surface area contributed by atoms with Crippen LogP contribution in [0.4, 0.5) is 0 Å². The molecule has 0 amide bonds. The van der Waals surface area contributed by atoms with Crippen LogP contribution < -0.4 is 0 Å². The van der Waals surface area contributed by atoms with Gasteiger partial charge in [0.2, 0.25) is 0 Å². The topological polar surface area (TPSA) is 75.1 Å². The van der Waals surface area contributed by atoms with Crippen LogP contribution in [0.1, 0.15) is 95.2 Å². The Morgan fingerprint density at radius 1 is 1.10 bits per heavy atom. The second-order valence-electron chi connectivity index (χ2n) is 9.71. The number of aliphatic hydroxyl groups is 1. The van der Waals surface area contributed by atoms with Gasteiger partial charge in [-0.2, -0.15) is 0 Å². The lowest BCUT2D eigenvalue weighted by Gasteiger charge is -2.28. The molecule has 30 heavy (non-hydrogen) atoms. The van der Waals surface area contributed by atoms with Crippen molar-refractivity contribution in [2.75, 3.05) is 0 Å².